The van der Waals surface area contributed by atoms with E-state index in [1.807, 2.05) is 0 Å². The van der Waals surface area contributed by atoms with Crippen LogP contribution in [0.15, 0.2) is 24.3 Å². The van der Waals surface area contributed by atoms with E-state index in [9.17, 15) is 9.18 Å². The van der Waals surface area contributed by atoms with Crippen LogP contribution in [0.3, 0.4) is 0 Å². The Morgan fingerprint density at radius 2 is 1.93 bits per heavy atom. The molecule has 0 radical (unpaired) electrons. The molecule has 1 aliphatic rings. The minimum absolute atomic E-state index is 0.300. The summed E-state index contributed by atoms with van der Waals surface area (Å²) in [5.41, 5.74) is -0.174. The Hall–Kier alpha value is -1.22. The zero-order valence-electron chi connectivity index (χ0n) is 8.41. The smallest absolute Gasteiger partial charge is 0.130 e. The number of hydrogen-bond acceptors (Lipinski definition) is 2. The standard InChI is InChI=1S/C12H13FO2/c13-11-4-2-1-3-10(11)12(9-14)5-7-15-8-6-12/h1-4,9H,5-8H2. The number of benzene rings is 1. The number of ether oxygens (including phenoxy) is 1. The zero-order chi connectivity index (χ0) is 10.7. The minimum atomic E-state index is -0.677. The van der Waals surface area contributed by atoms with Gasteiger partial charge in [0.2, 0.25) is 0 Å². The first-order chi connectivity index (χ1) is 7.28. The second kappa shape index (κ2) is 4.11. The summed E-state index contributed by atoms with van der Waals surface area (Å²) in [6.07, 6.45) is 2.00. The Morgan fingerprint density at radius 1 is 1.27 bits per heavy atom. The van der Waals surface area contributed by atoms with E-state index in [-0.39, 0.29) is 5.82 Å². The maximum atomic E-state index is 13.6. The van der Waals surface area contributed by atoms with Crippen LogP contribution in [0.4, 0.5) is 4.39 Å². The summed E-state index contributed by atoms with van der Waals surface area (Å²) in [6.45, 7) is 1.04. The van der Waals surface area contributed by atoms with E-state index >= 15 is 0 Å². The molecule has 3 heteroatoms. The largest absolute Gasteiger partial charge is 0.381 e. The zero-order valence-corrected chi connectivity index (χ0v) is 8.41. The van der Waals surface area contributed by atoms with E-state index in [4.69, 9.17) is 4.74 Å². The van der Waals surface area contributed by atoms with Gasteiger partial charge in [-0.05, 0) is 18.9 Å². The fourth-order valence-electron chi connectivity index (χ4n) is 2.05. The third-order valence-corrected chi connectivity index (χ3v) is 3.02. The molecule has 0 unspecified atom stereocenters. The lowest BCUT2D eigenvalue weighted by atomic mass is 9.75. The molecule has 1 aromatic carbocycles. The van der Waals surface area contributed by atoms with Crippen molar-refractivity contribution in [3.63, 3.8) is 0 Å². The quantitative estimate of drug-likeness (QED) is 0.695. The highest BCUT2D eigenvalue weighted by Crippen LogP contribution is 2.34. The van der Waals surface area contributed by atoms with Crippen molar-refractivity contribution in [3.8, 4) is 0 Å². The van der Waals surface area contributed by atoms with Crippen molar-refractivity contribution >= 4 is 6.29 Å². The van der Waals surface area contributed by atoms with E-state index in [1.54, 1.807) is 18.2 Å². The van der Waals surface area contributed by atoms with Crippen molar-refractivity contribution in [1.82, 2.24) is 0 Å². The molecule has 80 valence electrons. The van der Waals surface area contributed by atoms with Crippen LogP contribution < -0.4 is 0 Å². The third kappa shape index (κ3) is 1.79. The van der Waals surface area contributed by atoms with Crippen LogP contribution in [0.2, 0.25) is 0 Å². The topological polar surface area (TPSA) is 26.3 Å². The van der Waals surface area contributed by atoms with Crippen LogP contribution in [-0.4, -0.2) is 19.5 Å². The van der Waals surface area contributed by atoms with Gasteiger partial charge in [0.25, 0.3) is 0 Å². The van der Waals surface area contributed by atoms with Crippen molar-refractivity contribution < 1.29 is 13.9 Å². The Kier molecular flexibility index (Phi) is 2.82. The van der Waals surface area contributed by atoms with E-state index < -0.39 is 5.41 Å². The maximum absolute atomic E-state index is 13.6. The molecule has 2 nitrogen and oxygen atoms in total. The first-order valence-corrected chi connectivity index (χ1v) is 5.08. The molecule has 1 heterocycles. The van der Waals surface area contributed by atoms with Crippen molar-refractivity contribution in [2.75, 3.05) is 13.2 Å². The van der Waals surface area contributed by atoms with E-state index in [2.05, 4.69) is 0 Å². The molecular weight excluding hydrogens is 195 g/mol. The number of halogens is 1. The number of rotatable bonds is 2. The van der Waals surface area contributed by atoms with Crippen molar-refractivity contribution in [2.24, 2.45) is 0 Å². The summed E-state index contributed by atoms with van der Waals surface area (Å²) in [6, 6.07) is 6.49. The Bertz CT molecular complexity index is 356. The van der Waals surface area contributed by atoms with Crippen LogP contribution in [0, 0.1) is 5.82 Å². The molecule has 0 aromatic heterocycles. The SMILES string of the molecule is O=CC1(c2ccccc2F)CCOCC1. The highest BCUT2D eigenvalue weighted by atomic mass is 19.1. The first kappa shape index (κ1) is 10.3. The molecule has 2 rings (SSSR count). The van der Waals surface area contributed by atoms with Crippen molar-refractivity contribution in [3.05, 3.63) is 35.6 Å². The van der Waals surface area contributed by atoms with Crippen LogP contribution >= 0.6 is 0 Å². The molecule has 15 heavy (non-hydrogen) atoms. The van der Waals surface area contributed by atoms with Crippen LogP contribution in [-0.2, 0) is 14.9 Å². The summed E-state index contributed by atoms with van der Waals surface area (Å²) in [7, 11) is 0. The average Bonchev–Trinajstić information content (AvgIpc) is 2.30. The monoisotopic (exact) mass is 208 g/mol. The molecule has 1 aliphatic heterocycles. The normalized spacial score (nSPS) is 19.8. The van der Waals surface area contributed by atoms with E-state index in [0.29, 0.717) is 31.6 Å². The van der Waals surface area contributed by atoms with E-state index in [1.165, 1.54) is 6.07 Å². The second-order valence-electron chi connectivity index (χ2n) is 3.87. The molecular formula is C12H13FO2. The summed E-state index contributed by atoms with van der Waals surface area (Å²) < 4.78 is 18.8. The highest BCUT2D eigenvalue weighted by molar-refractivity contribution is 5.69. The number of carbonyl (C=O) groups is 1. The van der Waals surface area contributed by atoms with Crippen molar-refractivity contribution in [2.45, 2.75) is 18.3 Å². The molecule has 1 fully saturated rings. The molecule has 0 N–H and O–H groups in total. The van der Waals surface area contributed by atoms with Crippen LogP contribution in [0.1, 0.15) is 18.4 Å². The highest BCUT2D eigenvalue weighted by Gasteiger charge is 2.36. The molecule has 0 aliphatic carbocycles. The summed E-state index contributed by atoms with van der Waals surface area (Å²) in [5, 5.41) is 0. The predicted molar refractivity (Wildman–Crippen MR) is 54.2 cm³/mol. The van der Waals surface area contributed by atoms with Gasteiger partial charge in [-0.25, -0.2) is 4.39 Å². The number of carbonyl (C=O) groups excluding carboxylic acids is 1. The van der Waals surface area contributed by atoms with Crippen molar-refractivity contribution in [1.29, 1.82) is 0 Å². The second-order valence-corrected chi connectivity index (χ2v) is 3.87. The van der Waals surface area contributed by atoms with Crippen LogP contribution in [0.5, 0.6) is 0 Å². The van der Waals surface area contributed by atoms with Gasteiger partial charge in [-0.1, -0.05) is 18.2 Å². The number of aldehydes is 1. The lowest BCUT2D eigenvalue weighted by Gasteiger charge is -2.32. The maximum Gasteiger partial charge on any atom is 0.130 e. The molecule has 0 saturated carbocycles. The van der Waals surface area contributed by atoms with Gasteiger partial charge in [0.05, 0.1) is 5.41 Å². The summed E-state index contributed by atoms with van der Waals surface area (Å²) >= 11 is 0. The van der Waals surface area contributed by atoms with Crippen LogP contribution in [0.25, 0.3) is 0 Å². The first-order valence-electron chi connectivity index (χ1n) is 5.08. The van der Waals surface area contributed by atoms with Gasteiger partial charge in [0.15, 0.2) is 0 Å². The predicted octanol–water partition coefficient (Wildman–Crippen LogP) is 2.07. The van der Waals surface area contributed by atoms with Gasteiger partial charge in [0, 0.05) is 18.8 Å². The summed E-state index contributed by atoms with van der Waals surface area (Å²) in [5.74, 6) is -0.300. The average molecular weight is 208 g/mol. The van der Waals surface area contributed by atoms with Gasteiger partial charge in [-0.15, -0.1) is 0 Å². The molecule has 0 amide bonds. The van der Waals surface area contributed by atoms with E-state index in [0.717, 1.165) is 6.29 Å². The number of hydrogen-bond donors (Lipinski definition) is 0. The lowest BCUT2D eigenvalue weighted by Crippen LogP contribution is -2.36. The lowest BCUT2D eigenvalue weighted by molar-refractivity contribution is -0.116. The Labute approximate surface area is 88.1 Å². The Morgan fingerprint density at radius 3 is 2.53 bits per heavy atom. The third-order valence-electron chi connectivity index (χ3n) is 3.02. The molecule has 0 atom stereocenters. The van der Waals surface area contributed by atoms with Gasteiger partial charge in [0.1, 0.15) is 12.1 Å². The molecule has 0 bridgehead atoms. The summed E-state index contributed by atoms with van der Waals surface area (Å²) in [4.78, 5) is 11.2. The molecule has 1 aromatic rings. The molecule has 1 saturated heterocycles. The van der Waals surface area contributed by atoms with Gasteiger partial charge >= 0.3 is 0 Å². The minimum Gasteiger partial charge on any atom is -0.381 e. The van der Waals surface area contributed by atoms with Gasteiger partial charge < -0.3 is 9.53 Å². The molecule has 0 spiro atoms. The van der Waals surface area contributed by atoms with Gasteiger partial charge in [-0.3, -0.25) is 0 Å². The van der Waals surface area contributed by atoms with Gasteiger partial charge in [-0.2, -0.15) is 0 Å². The Balaban J connectivity index is 2.41. The fourth-order valence-corrected chi connectivity index (χ4v) is 2.05. The fraction of sp³-hybridized carbons (Fsp3) is 0.417.